The number of rotatable bonds is 7. The van der Waals surface area contributed by atoms with Crippen molar-refractivity contribution < 1.29 is 19.0 Å². The van der Waals surface area contributed by atoms with Crippen molar-refractivity contribution >= 4 is 16.7 Å². The zero-order valence-electron chi connectivity index (χ0n) is 17.9. The molecule has 0 heterocycles. The quantitative estimate of drug-likeness (QED) is 0.367. The number of benzene rings is 4. The molecule has 0 aliphatic heterocycles. The molecule has 4 nitrogen and oxygen atoms in total. The number of carboxylic acids is 1. The van der Waals surface area contributed by atoms with E-state index < -0.39 is 11.8 Å². The highest BCUT2D eigenvalue weighted by atomic mass is 19.1. The van der Waals surface area contributed by atoms with Gasteiger partial charge in [0.05, 0.1) is 12.7 Å². The Morgan fingerprint density at radius 3 is 2.56 bits per heavy atom. The van der Waals surface area contributed by atoms with Gasteiger partial charge >= 0.3 is 5.97 Å². The molecule has 0 aliphatic rings. The van der Waals surface area contributed by atoms with Gasteiger partial charge in [0, 0.05) is 18.2 Å². The highest BCUT2D eigenvalue weighted by Crippen LogP contribution is 2.33. The maximum Gasteiger partial charge on any atom is 0.338 e. The van der Waals surface area contributed by atoms with Crippen LogP contribution < -0.4 is 10.1 Å². The van der Waals surface area contributed by atoms with Crippen LogP contribution in [0.4, 0.5) is 4.39 Å². The second-order valence-corrected chi connectivity index (χ2v) is 7.72. The molecule has 0 spiro atoms. The van der Waals surface area contributed by atoms with Crippen molar-refractivity contribution in [3.05, 3.63) is 101 Å². The Labute approximate surface area is 186 Å². The highest BCUT2D eigenvalue weighted by molar-refractivity contribution is 5.99. The van der Waals surface area contributed by atoms with E-state index in [2.05, 4.69) is 18.3 Å². The molecule has 5 heteroatoms. The van der Waals surface area contributed by atoms with E-state index in [4.69, 9.17) is 4.74 Å². The first kappa shape index (κ1) is 21.5. The van der Waals surface area contributed by atoms with Gasteiger partial charge in [-0.25, -0.2) is 9.18 Å². The van der Waals surface area contributed by atoms with Crippen LogP contribution in [0.5, 0.6) is 5.75 Å². The number of carboxylic acid groups (broad SMARTS) is 1. The van der Waals surface area contributed by atoms with E-state index in [0.717, 1.165) is 27.6 Å². The third kappa shape index (κ3) is 4.34. The SMILES string of the molecule is COc1cccc([C@@H](C)NCc2cc(-c3cccc(C(=O)O)c3F)c3ccccc3c2)c1. The van der Waals surface area contributed by atoms with Crippen LogP contribution in [-0.2, 0) is 6.54 Å². The molecule has 1 atom stereocenters. The number of halogens is 1. The summed E-state index contributed by atoms with van der Waals surface area (Å²) in [7, 11) is 1.65. The van der Waals surface area contributed by atoms with E-state index in [9.17, 15) is 9.90 Å². The van der Waals surface area contributed by atoms with E-state index in [-0.39, 0.29) is 17.2 Å². The molecule has 4 aromatic rings. The Hall–Kier alpha value is -3.70. The van der Waals surface area contributed by atoms with Crippen LogP contribution >= 0.6 is 0 Å². The fraction of sp³-hybridized carbons (Fsp3) is 0.148. The van der Waals surface area contributed by atoms with E-state index in [1.54, 1.807) is 19.2 Å². The van der Waals surface area contributed by atoms with Crippen molar-refractivity contribution in [3.63, 3.8) is 0 Å². The van der Waals surface area contributed by atoms with Gasteiger partial charge in [-0.05, 0) is 64.7 Å². The summed E-state index contributed by atoms with van der Waals surface area (Å²) in [5.74, 6) is -1.20. The normalized spacial score (nSPS) is 12.0. The molecule has 0 aromatic heterocycles. The number of carbonyl (C=O) groups is 1. The molecular formula is C27H24FNO3. The summed E-state index contributed by atoms with van der Waals surface area (Å²) in [6.45, 7) is 2.64. The predicted octanol–water partition coefficient (Wildman–Crippen LogP) is 6.20. The molecule has 0 radical (unpaired) electrons. The van der Waals surface area contributed by atoms with Crippen LogP contribution in [0.1, 0.15) is 34.5 Å². The lowest BCUT2D eigenvalue weighted by Crippen LogP contribution is -2.18. The van der Waals surface area contributed by atoms with Gasteiger partial charge in [-0.1, -0.05) is 48.5 Å². The van der Waals surface area contributed by atoms with E-state index >= 15 is 4.39 Å². The van der Waals surface area contributed by atoms with Crippen molar-refractivity contribution in [1.82, 2.24) is 5.32 Å². The number of fused-ring (bicyclic) bond motifs is 1. The molecular weight excluding hydrogens is 405 g/mol. The summed E-state index contributed by atoms with van der Waals surface area (Å²) in [4.78, 5) is 11.4. The second-order valence-electron chi connectivity index (χ2n) is 7.72. The molecule has 32 heavy (non-hydrogen) atoms. The number of hydrogen-bond donors (Lipinski definition) is 2. The smallest absolute Gasteiger partial charge is 0.338 e. The third-order valence-corrected chi connectivity index (χ3v) is 5.65. The Kier molecular flexibility index (Phi) is 6.19. The first-order valence-electron chi connectivity index (χ1n) is 10.4. The number of aromatic carboxylic acids is 1. The van der Waals surface area contributed by atoms with Gasteiger partial charge in [-0.3, -0.25) is 0 Å². The fourth-order valence-electron chi connectivity index (χ4n) is 3.90. The molecule has 4 aromatic carbocycles. The third-order valence-electron chi connectivity index (χ3n) is 5.65. The van der Waals surface area contributed by atoms with Crippen molar-refractivity contribution in [2.45, 2.75) is 19.5 Å². The summed E-state index contributed by atoms with van der Waals surface area (Å²) in [5, 5.41) is 14.7. The van der Waals surface area contributed by atoms with Crippen LogP contribution in [0.2, 0.25) is 0 Å². The van der Waals surface area contributed by atoms with Gasteiger partial charge in [0.1, 0.15) is 11.6 Å². The monoisotopic (exact) mass is 429 g/mol. The van der Waals surface area contributed by atoms with Crippen molar-refractivity contribution in [2.75, 3.05) is 7.11 Å². The topological polar surface area (TPSA) is 58.6 Å². The van der Waals surface area contributed by atoms with Gasteiger partial charge < -0.3 is 15.2 Å². The van der Waals surface area contributed by atoms with Crippen LogP contribution in [0.25, 0.3) is 21.9 Å². The zero-order valence-corrected chi connectivity index (χ0v) is 17.9. The molecule has 0 saturated carbocycles. The summed E-state index contributed by atoms with van der Waals surface area (Å²) < 4.78 is 20.4. The van der Waals surface area contributed by atoms with Crippen molar-refractivity contribution in [1.29, 1.82) is 0 Å². The lowest BCUT2D eigenvalue weighted by molar-refractivity contribution is 0.0692. The number of nitrogens with one attached hydrogen (secondary N) is 1. The van der Waals surface area contributed by atoms with Gasteiger partial charge in [0.15, 0.2) is 0 Å². The molecule has 0 aliphatic carbocycles. The minimum Gasteiger partial charge on any atom is -0.497 e. The summed E-state index contributed by atoms with van der Waals surface area (Å²) in [6.07, 6.45) is 0. The fourth-order valence-corrected chi connectivity index (χ4v) is 3.90. The minimum atomic E-state index is -1.28. The molecule has 0 bridgehead atoms. The van der Waals surface area contributed by atoms with Gasteiger partial charge in [0.2, 0.25) is 0 Å². The molecule has 0 unspecified atom stereocenters. The summed E-state index contributed by atoms with van der Waals surface area (Å²) in [6, 6.07) is 24.2. The zero-order chi connectivity index (χ0) is 22.7. The largest absolute Gasteiger partial charge is 0.497 e. The number of methoxy groups -OCH3 is 1. The average Bonchev–Trinajstić information content (AvgIpc) is 2.82. The van der Waals surface area contributed by atoms with Crippen LogP contribution in [0, 0.1) is 5.82 Å². The standard InChI is InChI=1S/C27H24FNO3/c1-17(19-8-5-9-21(15-19)32-2)29-16-18-13-20-7-3-4-10-22(20)25(14-18)23-11-6-12-24(26(23)28)27(30)31/h3-15,17,29H,16H2,1-2H3,(H,30,31)/t17-/m1/s1. The number of hydrogen-bond acceptors (Lipinski definition) is 3. The minimum absolute atomic E-state index is 0.0760. The molecule has 0 saturated heterocycles. The van der Waals surface area contributed by atoms with Crippen LogP contribution in [0.3, 0.4) is 0 Å². The Morgan fingerprint density at radius 2 is 1.78 bits per heavy atom. The van der Waals surface area contributed by atoms with E-state index in [0.29, 0.717) is 12.1 Å². The summed E-state index contributed by atoms with van der Waals surface area (Å²) in [5.41, 5.74) is 2.71. The lowest BCUT2D eigenvalue weighted by Gasteiger charge is -2.17. The maximum atomic E-state index is 15.1. The molecule has 162 valence electrons. The van der Waals surface area contributed by atoms with Crippen LogP contribution in [0.15, 0.2) is 78.9 Å². The Bertz CT molecular complexity index is 1290. The van der Waals surface area contributed by atoms with E-state index in [1.165, 1.54) is 6.07 Å². The highest BCUT2D eigenvalue weighted by Gasteiger charge is 2.17. The van der Waals surface area contributed by atoms with Crippen LogP contribution in [-0.4, -0.2) is 18.2 Å². The van der Waals surface area contributed by atoms with Gasteiger partial charge in [-0.2, -0.15) is 0 Å². The maximum absolute atomic E-state index is 15.1. The lowest BCUT2D eigenvalue weighted by atomic mass is 9.94. The molecule has 4 rings (SSSR count). The Balaban J connectivity index is 1.70. The second kappa shape index (κ2) is 9.20. The first-order valence-corrected chi connectivity index (χ1v) is 10.4. The van der Waals surface area contributed by atoms with E-state index in [1.807, 2.05) is 54.6 Å². The summed E-state index contributed by atoms with van der Waals surface area (Å²) >= 11 is 0. The van der Waals surface area contributed by atoms with Gasteiger partial charge in [-0.15, -0.1) is 0 Å². The molecule has 0 fully saturated rings. The number of ether oxygens (including phenoxy) is 1. The average molecular weight is 429 g/mol. The van der Waals surface area contributed by atoms with Gasteiger partial charge in [0.25, 0.3) is 0 Å². The van der Waals surface area contributed by atoms with Crippen molar-refractivity contribution in [3.8, 4) is 16.9 Å². The molecule has 2 N–H and O–H groups in total. The first-order chi connectivity index (χ1) is 15.5. The predicted molar refractivity (Wildman–Crippen MR) is 125 cm³/mol. The van der Waals surface area contributed by atoms with Crippen molar-refractivity contribution in [2.24, 2.45) is 0 Å². The Morgan fingerprint density at radius 1 is 1.00 bits per heavy atom. The molecule has 0 amide bonds.